The van der Waals surface area contributed by atoms with Crippen LogP contribution >= 0.6 is 11.6 Å². The fraction of sp³-hybridized carbons (Fsp3) is 0.515. The van der Waals surface area contributed by atoms with Gasteiger partial charge in [-0.1, -0.05) is 11.6 Å². The van der Waals surface area contributed by atoms with Gasteiger partial charge in [-0.2, -0.15) is 20.2 Å². The molecule has 7 heterocycles. The molecular formula is C33H35ClF2N8O3. The second-order valence-electron chi connectivity index (χ2n) is 13.9. The number of benzene rings is 1. The number of fused-ring (bicyclic) bond motifs is 5. The smallest absolute Gasteiger partial charge is 0.319 e. The molecule has 14 heteroatoms. The van der Waals surface area contributed by atoms with Gasteiger partial charge in [-0.05, 0) is 62.8 Å². The lowest BCUT2D eigenvalue weighted by Crippen LogP contribution is -2.44. The number of aromatic nitrogens is 6. The highest BCUT2D eigenvalue weighted by Crippen LogP contribution is 2.51. The number of hydrogen-bond donors (Lipinski definition) is 2. The zero-order valence-electron chi connectivity index (χ0n) is 26.0. The summed E-state index contributed by atoms with van der Waals surface area (Å²) in [6.07, 6.45) is 6.47. The van der Waals surface area contributed by atoms with E-state index in [2.05, 4.69) is 20.2 Å². The molecule has 0 spiro atoms. The summed E-state index contributed by atoms with van der Waals surface area (Å²) < 4.78 is 45.8. The van der Waals surface area contributed by atoms with Crippen molar-refractivity contribution in [1.82, 2.24) is 34.7 Å². The van der Waals surface area contributed by atoms with E-state index in [4.69, 9.17) is 31.0 Å². The summed E-state index contributed by atoms with van der Waals surface area (Å²) in [6.45, 7) is 4.20. The van der Waals surface area contributed by atoms with Crippen molar-refractivity contribution in [3.8, 4) is 17.3 Å². The minimum absolute atomic E-state index is 0.00322. The molecule has 0 bridgehead atoms. The van der Waals surface area contributed by atoms with Gasteiger partial charge in [0.25, 0.3) is 0 Å². The molecule has 1 aliphatic carbocycles. The Hall–Kier alpha value is -3.65. The molecule has 47 heavy (non-hydrogen) atoms. The Kier molecular flexibility index (Phi) is 6.70. The fourth-order valence-electron chi connectivity index (χ4n) is 8.14. The number of rotatable bonds is 6. The van der Waals surface area contributed by atoms with E-state index in [0.29, 0.717) is 58.9 Å². The molecule has 3 aliphatic heterocycles. The predicted octanol–water partition coefficient (Wildman–Crippen LogP) is 5.03. The number of halogens is 3. The van der Waals surface area contributed by atoms with Crippen molar-refractivity contribution in [3.05, 3.63) is 40.9 Å². The van der Waals surface area contributed by atoms with Crippen molar-refractivity contribution in [2.45, 2.75) is 62.3 Å². The van der Waals surface area contributed by atoms with E-state index in [1.807, 2.05) is 17.0 Å². The second-order valence-corrected chi connectivity index (χ2v) is 14.3. The number of aliphatic hydroxyl groups is 1. The Morgan fingerprint density at radius 3 is 2.98 bits per heavy atom. The number of β-amino-alcohol motifs (C(OH)–C–C–N with tert-alkyl or cyclic N) is 1. The van der Waals surface area contributed by atoms with Gasteiger partial charge in [-0.25, -0.2) is 13.3 Å². The molecule has 3 atom stereocenters. The molecule has 0 radical (unpaired) electrons. The van der Waals surface area contributed by atoms with Crippen LogP contribution in [0.3, 0.4) is 0 Å². The van der Waals surface area contributed by atoms with Crippen molar-refractivity contribution >= 4 is 44.7 Å². The number of ether oxygens (including phenoxy) is 2. The summed E-state index contributed by atoms with van der Waals surface area (Å²) in [5.41, 5.74) is 1.45. The molecule has 1 saturated carbocycles. The molecule has 2 N–H and O–H groups in total. The van der Waals surface area contributed by atoms with E-state index in [-0.39, 0.29) is 42.9 Å². The fourth-order valence-corrected chi connectivity index (χ4v) is 8.50. The first kappa shape index (κ1) is 29.5. The van der Waals surface area contributed by atoms with Crippen molar-refractivity contribution in [3.63, 3.8) is 0 Å². The lowest BCUT2D eigenvalue weighted by Gasteiger charge is -2.31. The first-order valence-corrected chi connectivity index (χ1v) is 16.7. The summed E-state index contributed by atoms with van der Waals surface area (Å²) in [5, 5.41) is 24.7. The molecule has 3 saturated heterocycles. The van der Waals surface area contributed by atoms with Gasteiger partial charge in [0, 0.05) is 35.5 Å². The average Bonchev–Trinajstić information content (AvgIpc) is 3.30. The molecule has 4 fully saturated rings. The maximum Gasteiger partial charge on any atom is 0.319 e. The number of pyridine rings is 1. The highest BCUT2D eigenvalue weighted by Gasteiger charge is 2.49. The van der Waals surface area contributed by atoms with Crippen molar-refractivity contribution in [1.29, 1.82) is 0 Å². The Morgan fingerprint density at radius 2 is 2.13 bits per heavy atom. The number of anilines is 1. The summed E-state index contributed by atoms with van der Waals surface area (Å²) in [6, 6.07) is 3.65. The molecule has 1 aromatic carbocycles. The van der Waals surface area contributed by atoms with Crippen LogP contribution in [0.4, 0.5) is 14.6 Å². The van der Waals surface area contributed by atoms with E-state index in [0.717, 1.165) is 43.2 Å². The Balaban J connectivity index is 1.28. The van der Waals surface area contributed by atoms with Crippen LogP contribution in [-0.2, 0) is 4.74 Å². The standard InChI is InChI=1S/C33H35ClF2N8O3/c1-32(45)15-42(9-10-46-16-32)30-26-23-5-7-38-44(23)29(25-20-13-37-41-22(20)11-21(34)24(25)18-3-4-18)27(36)28(26)39-31(40-30)47-17-33-6-2-8-43(33)14-19(35)12-33/h5,7,11,13,18-19,45H,2-4,6,8-10,12,14-17H2,1H3,(H,37,41). The average molecular weight is 665 g/mol. The van der Waals surface area contributed by atoms with E-state index < -0.39 is 23.1 Å². The minimum Gasteiger partial charge on any atom is -0.461 e. The van der Waals surface area contributed by atoms with E-state index in [1.165, 1.54) is 0 Å². The molecular weight excluding hydrogens is 630 g/mol. The number of nitrogens with one attached hydrogen (secondary N) is 1. The third-order valence-corrected chi connectivity index (χ3v) is 10.6. The third-order valence-electron chi connectivity index (χ3n) is 10.3. The van der Waals surface area contributed by atoms with Gasteiger partial charge < -0.3 is 19.5 Å². The van der Waals surface area contributed by atoms with Crippen molar-refractivity contribution < 1.29 is 23.4 Å². The molecule has 246 valence electrons. The summed E-state index contributed by atoms with van der Waals surface area (Å²) in [4.78, 5) is 13.7. The van der Waals surface area contributed by atoms with Crippen molar-refractivity contribution in [2.75, 3.05) is 50.9 Å². The number of hydrogen-bond acceptors (Lipinski definition) is 9. The van der Waals surface area contributed by atoms with Crippen LogP contribution in [0.2, 0.25) is 5.02 Å². The van der Waals surface area contributed by atoms with Gasteiger partial charge >= 0.3 is 6.01 Å². The zero-order chi connectivity index (χ0) is 32.1. The molecule has 3 unspecified atom stereocenters. The maximum absolute atomic E-state index is 17.5. The van der Waals surface area contributed by atoms with E-state index in [9.17, 15) is 9.50 Å². The van der Waals surface area contributed by atoms with E-state index >= 15 is 4.39 Å². The summed E-state index contributed by atoms with van der Waals surface area (Å²) in [5.74, 6) is -0.000133. The third kappa shape index (κ3) is 4.76. The van der Waals surface area contributed by atoms with Crippen LogP contribution in [0.25, 0.3) is 38.6 Å². The number of H-pyrrole nitrogens is 1. The minimum atomic E-state index is -1.18. The molecule has 4 aromatic heterocycles. The summed E-state index contributed by atoms with van der Waals surface area (Å²) >= 11 is 6.88. The normalized spacial score (nSPS) is 26.9. The number of aromatic amines is 1. The van der Waals surface area contributed by atoms with Gasteiger partial charge in [0.2, 0.25) is 0 Å². The predicted molar refractivity (Wildman–Crippen MR) is 173 cm³/mol. The van der Waals surface area contributed by atoms with Crippen LogP contribution < -0.4 is 9.64 Å². The van der Waals surface area contributed by atoms with Crippen LogP contribution in [0.5, 0.6) is 6.01 Å². The molecule has 9 rings (SSSR count). The molecule has 4 aliphatic rings. The first-order chi connectivity index (χ1) is 22.7. The van der Waals surface area contributed by atoms with Crippen molar-refractivity contribution in [2.24, 2.45) is 0 Å². The second kappa shape index (κ2) is 10.7. The van der Waals surface area contributed by atoms with Gasteiger partial charge in [0.15, 0.2) is 5.82 Å². The Bertz CT molecular complexity index is 2050. The van der Waals surface area contributed by atoms with Gasteiger partial charge in [-0.3, -0.25) is 10.00 Å². The molecule has 5 aromatic rings. The zero-order valence-corrected chi connectivity index (χ0v) is 26.7. The number of alkyl halides is 1. The molecule has 11 nitrogen and oxygen atoms in total. The highest BCUT2D eigenvalue weighted by atomic mass is 35.5. The maximum atomic E-state index is 17.5. The highest BCUT2D eigenvalue weighted by molar-refractivity contribution is 6.33. The monoisotopic (exact) mass is 664 g/mol. The van der Waals surface area contributed by atoms with Crippen LogP contribution in [0.15, 0.2) is 24.5 Å². The van der Waals surface area contributed by atoms with Crippen LogP contribution in [0, 0.1) is 5.82 Å². The Morgan fingerprint density at radius 1 is 1.26 bits per heavy atom. The largest absolute Gasteiger partial charge is 0.461 e. The van der Waals surface area contributed by atoms with Crippen LogP contribution in [-0.4, -0.2) is 103 Å². The lowest BCUT2D eigenvalue weighted by molar-refractivity contribution is -0.0123. The molecule has 0 amide bonds. The van der Waals surface area contributed by atoms with Gasteiger partial charge in [-0.15, -0.1) is 0 Å². The SMILES string of the molecule is CC1(O)COCCN(c2nc(OCC34CCCN3CC(F)C4)nc3c(F)c(-c4c(C5CC5)c(Cl)cc5[nH]ncc45)n4nccc4c23)C1. The van der Waals surface area contributed by atoms with Gasteiger partial charge in [0.1, 0.15) is 35.4 Å². The topological polar surface area (TPSA) is 117 Å². The first-order valence-electron chi connectivity index (χ1n) is 16.3. The van der Waals surface area contributed by atoms with Gasteiger partial charge in [0.05, 0.1) is 54.1 Å². The number of nitrogens with zero attached hydrogens (tertiary/aromatic N) is 7. The van der Waals surface area contributed by atoms with Crippen LogP contribution in [0.1, 0.15) is 50.5 Å². The lowest BCUT2D eigenvalue weighted by atomic mass is 9.95. The van der Waals surface area contributed by atoms with E-state index in [1.54, 1.807) is 23.8 Å². The Labute approximate surface area is 273 Å². The summed E-state index contributed by atoms with van der Waals surface area (Å²) in [7, 11) is 0. The quantitative estimate of drug-likeness (QED) is 0.258.